The number of aromatic amines is 1. The fourth-order valence-electron chi connectivity index (χ4n) is 4.04. The summed E-state index contributed by atoms with van der Waals surface area (Å²) in [5.74, 6) is 1.39. The predicted octanol–water partition coefficient (Wildman–Crippen LogP) is 2.86. The van der Waals surface area contributed by atoms with E-state index in [-0.39, 0.29) is 17.2 Å². The van der Waals surface area contributed by atoms with Crippen LogP contribution in [0.5, 0.6) is 5.75 Å². The molecule has 31 heavy (non-hydrogen) atoms. The molecule has 1 atom stereocenters. The first-order chi connectivity index (χ1) is 15.1. The number of aliphatic hydroxyl groups excluding tert-OH is 1. The summed E-state index contributed by atoms with van der Waals surface area (Å²) in [6.45, 7) is 2.50. The zero-order chi connectivity index (χ0) is 21.4. The van der Waals surface area contributed by atoms with Gasteiger partial charge in [-0.1, -0.05) is 12.1 Å². The molecule has 3 N–H and O–H groups in total. The Balaban J connectivity index is 1.43. The van der Waals surface area contributed by atoms with Crippen LogP contribution in [0.15, 0.2) is 51.7 Å². The number of aliphatic hydroxyl groups is 1. The van der Waals surface area contributed by atoms with E-state index in [1.165, 1.54) is 0 Å². The normalized spacial score (nSPS) is 16.9. The lowest BCUT2D eigenvalue weighted by atomic mass is 10.2. The minimum atomic E-state index is -0.316. The molecule has 2 aromatic carbocycles. The van der Waals surface area contributed by atoms with Gasteiger partial charge in [-0.2, -0.15) is 0 Å². The number of anilines is 1. The lowest BCUT2D eigenvalue weighted by Crippen LogP contribution is -2.24. The molecule has 8 nitrogen and oxygen atoms in total. The Labute approximate surface area is 178 Å². The highest BCUT2D eigenvalue weighted by atomic mass is 16.5. The van der Waals surface area contributed by atoms with Crippen LogP contribution in [0.1, 0.15) is 17.8 Å². The van der Waals surface area contributed by atoms with Crippen LogP contribution in [0, 0.1) is 0 Å². The number of ether oxygens (including phenoxy) is 1. The van der Waals surface area contributed by atoms with E-state index in [2.05, 4.69) is 20.2 Å². The molecule has 1 aliphatic rings. The second kappa shape index (κ2) is 8.05. The number of furan rings is 1. The highest BCUT2D eigenvalue weighted by molar-refractivity contribution is 6.03. The van der Waals surface area contributed by atoms with E-state index in [4.69, 9.17) is 9.15 Å². The van der Waals surface area contributed by atoms with Gasteiger partial charge < -0.3 is 24.6 Å². The van der Waals surface area contributed by atoms with Gasteiger partial charge in [-0.05, 0) is 42.3 Å². The van der Waals surface area contributed by atoms with E-state index in [9.17, 15) is 9.90 Å². The lowest BCUT2D eigenvalue weighted by Gasteiger charge is -2.13. The molecule has 1 saturated heterocycles. The SMILES string of the molecule is COc1cccc(CNc2ccc3oc4c(=O)[nH]c(CN5CC[C@H](O)C5)nc4c3c2)c1. The molecule has 0 aliphatic carbocycles. The molecule has 0 saturated carbocycles. The Morgan fingerprint density at radius 1 is 1.32 bits per heavy atom. The molecule has 1 aliphatic heterocycles. The number of nitrogens with one attached hydrogen (secondary N) is 2. The van der Waals surface area contributed by atoms with Crippen molar-refractivity contribution in [1.82, 2.24) is 14.9 Å². The molecule has 0 radical (unpaired) electrons. The molecule has 3 heterocycles. The highest BCUT2D eigenvalue weighted by Gasteiger charge is 2.22. The Bertz CT molecular complexity index is 1300. The van der Waals surface area contributed by atoms with Gasteiger partial charge in [0.2, 0.25) is 5.58 Å². The highest BCUT2D eigenvalue weighted by Crippen LogP contribution is 2.28. The summed E-state index contributed by atoms with van der Waals surface area (Å²) in [4.78, 5) is 22.2. The van der Waals surface area contributed by atoms with Gasteiger partial charge in [0, 0.05) is 30.7 Å². The van der Waals surface area contributed by atoms with Gasteiger partial charge in [-0.25, -0.2) is 4.98 Å². The third-order valence-electron chi connectivity index (χ3n) is 5.62. The molecule has 0 amide bonds. The van der Waals surface area contributed by atoms with Crippen LogP contribution in [-0.2, 0) is 13.1 Å². The summed E-state index contributed by atoms with van der Waals surface area (Å²) >= 11 is 0. The molecule has 160 valence electrons. The summed E-state index contributed by atoms with van der Waals surface area (Å²) in [5, 5.41) is 13.9. The van der Waals surface area contributed by atoms with Crippen molar-refractivity contribution < 1.29 is 14.3 Å². The van der Waals surface area contributed by atoms with Crippen molar-refractivity contribution >= 4 is 27.8 Å². The zero-order valence-electron chi connectivity index (χ0n) is 17.2. The molecule has 4 aromatic rings. The summed E-state index contributed by atoms with van der Waals surface area (Å²) in [6, 6.07) is 13.6. The Hall–Kier alpha value is -3.36. The lowest BCUT2D eigenvalue weighted by molar-refractivity contribution is 0.174. The number of β-amino-alcohol motifs (C(OH)–C–C–N with tert-alkyl or cyclic N) is 1. The van der Waals surface area contributed by atoms with Crippen LogP contribution in [0.2, 0.25) is 0 Å². The van der Waals surface area contributed by atoms with E-state index in [0.717, 1.165) is 35.4 Å². The maximum atomic E-state index is 12.6. The summed E-state index contributed by atoms with van der Waals surface area (Å²) in [7, 11) is 1.65. The number of H-pyrrole nitrogens is 1. The number of fused-ring (bicyclic) bond motifs is 3. The third kappa shape index (κ3) is 3.99. The van der Waals surface area contributed by atoms with Crippen LogP contribution in [0.4, 0.5) is 5.69 Å². The molecule has 5 rings (SSSR count). The zero-order valence-corrected chi connectivity index (χ0v) is 17.2. The van der Waals surface area contributed by atoms with Crippen LogP contribution in [0.25, 0.3) is 22.1 Å². The Morgan fingerprint density at radius 2 is 2.23 bits per heavy atom. The fourth-order valence-corrected chi connectivity index (χ4v) is 4.04. The number of aromatic nitrogens is 2. The average molecular weight is 420 g/mol. The number of hydrogen-bond acceptors (Lipinski definition) is 7. The quantitative estimate of drug-likeness (QED) is 0.441. The van der Waals surface area contributed by atoms with Crippen molar-refractivity contribution in [2.45, 2.75) is 25.6 Å². The minimum absolute atomic E-state index is 0.227. The predicted molar refractivity (Wildman–Crippen MR) is 118 cm³/mol. The number of rotatable bonds is 6. The van der Waals surface area contributed by atoms with E-state index >= 15 is 0 Å². The van der Waals surface area contributed by atoms with Gasteiger partial charge in [-0.3, -0.25) is 9.69 Å². The summed E-state index contributed by atoms with van der Waals surface area (Å²) in [5.41, 5.74) is 3.12. The summed E-state index contributed by atoms with van der Waals surface area (Å²) in [6.07, 6.45) is 0.423. The van der Waals surface area contributed by atoms with Crippen molar-refractivity contribution in [1.29, 1.82) is 0 Å². The van der Waals surface area contributed by atoms with E-state index < -0.39 is 0 Å². The molecule has 2 aromatic heterocycles. The summed E-state index contributed by atoms with van der Waals surface area (Å²) < 4.78 is 11.0. The molecule has 0 bridgehead atoms. The Morgan fingerprint density at radius 3 is 3.03 bits per heavy atom. The van der Waals surface area contributed by atoms with Crippen LogP contribution in [-0.4, -0.2) is 46.3 Å². The number of likely N-dealkylation sites (tertiary alicyclic amines) is 1. The number of benzene rings is 2. The molecule has 0 unspecified atom stereocenters. The molecule has 0 spiro atoms. The topological polar surface area (TPSA) is 104 Å². The first kappa shape index (κ1) is 19.6. The van der Waals surface area contributed by atoms with Gasteiger partial charge >= 0.3 is 0 Å². The van der Waals surface area contributed by atoms with Crippen LogP contribution in [0.3, 0.4) is 0 Å². The maximum Gasteiger partial charge on any atom is 0.294 e. The van der Waals surface area contributed by atoms with Crippen molar-refractivity contribution in [3.8, 4) is 5.75 Å². The van der Waals surface area contributed by atoms with E-state index in [0.29, 0.717) is 36.6 Å². The smallest absolute Gasteiger partial charge is 0.294 e. The molecule has 8 heteroatoms. The third-order valence-corrected chi connectivity index (χ3v) is 5.62. The average Bonchev–Trinajstić information content (AvgIpc) is 3.35. The maximum absolute atomic E-state index is 12.6. The van der Waals surface area contributed by atoms with Crippen molar-refractivity contribution in [2.75, 3.05) is 25.5 Å². The fraction of sp³-hybridized carbons (Fsp3) is 0.304. The van der Waals surface area contributed by atoms with Gasteiger partial charge in [0.1, 0.15) is 22.7 Å². The van der Waals surface area contributed by atoms with E-state index in [1.54, 1.807) is 7.11 Å². The second-order valence-corrected chi connectivity index (χ2v) is 7.89. The standard InChI is InChI=1S/C23H24N4O4/c1-30-17-4-2-3-14(9-17)11-24-15-5-6-19-18(10-15)21-22(31-19)23(29)26-20(25-21)13-27-8-7-16(28)12-27/h2-6,9-10,16,24,28H,7-8,11-13H2,1H3,(H,25,26,29)/t16-/m0/s1. The molecular weight excluding hydrogens is 396 g/mol. The largest absolute Gasteiger partial charge is 0.497 e. The number of hydrogen-bond donors (Lipinski definition) is 3. The first-order valence-electron chi connectivity index (χ1n) is 10.3. The van der Waals surface area contributed by atoms with Crippen molar-refractivity contribution in [2.24, 2.45) is 0 Å². The molecular formula is C23H24N4O4. The van der Waals surface area contributed by atoms with Crippen molar-refractivity contribution in [3.63, 3.8) is 0 Å². The van der Waals surface area contributed by atoms with Gasteiger partial charge in [-0.15, -0.1) is 0 Å². The Kier molecular flexibility index (Phi) is 5.09. The monoisotopic (exact) mass is 420 g/mol. The number of nitrogens with zero attached hydrogens (tertiary/aromatic N) is 2. The second-order valence-electron chi connectivity index (χ2n) is 7.89. The van der Waals surface area contributed by atoms with Gasteiger partial charge in [0.05, 0.1) is 19.8 Å². The van der Waals surface area contributed by atoms with Gasteiger partial charge in [0.25, 0.3) is 5.56 Å². The molecule has 1 fully saturated rings. The number of methoxy groups -OCH3 is 1. The van der Waals surface area contributed by atoms with Crippen LogP contribution >= 0.6 is 0 Å². The first-order valence-corrected chi connectivity index (χ1v) is 10.3. The van der Waals surface area contributed by atoms with Crippen molar-refractivity contribution in [3.05, 3.63) is 64.2 Å². The minimum Gasteiger partial charge on any atom is -0.497 e. The van der Waals surface area contributed by atoms with Crippen LogP contribution < -0.4 is 15.6 Å². The van der Waals surface area contributed by atoms with E-state index in [1.807, 2.05) is 42.5 Å². The van der Waals surface area contributed by atoms with Gasteiger partial charge in [0.15, 0.2) is 0 Å².